The second kappa shape index (κ2) is 8.65. The normalized spacial score (nSPS) is 21.9. The smallest absolute Gasteiger partial charge is 0.302 e. The molecule has 4 rings (SSSR count). The lowest BCUT2D eigenvalue weighted by Gasteiger charge is -2.36. The van der Waals surface area contributed by atoms with Crippen LogP contribution >= 0.6 is 0 Å². The number of nitrogens with zero attached hydrogens (tertiary/aromatic N) is 1. The van der Waals surface area contributed by atoms with Crippen molar-refractivity contribution in [3.05, 3.63) is 59.7 Å². The molecular weight excluding hydrogens is 354 g/mol. The first-order valence-electron chi connectivity index (χ1n) is 10.0. The van der Waals surface area contributed by atoms with E-state index in [1.165, 1.54) is 25.3 Å². The van der Waals surface area contributed by atoms with E-state index in [0.29, 0.717) is 19.1 Å². The van der Waals surface area contributed by atoms with Gasteiger partial charge in [-0.15, -0.1) is 0 Å². The van der Waals surface area contributed by atoms with Crippen LogP contribution in [-0.2, 0) is 16.1 Å². The highest BCUT2D eigenvalue weighted by Gasteiger charge is 2.27. The van der Waals surface area contributed by atoms with Gasteiger partial charge in [0.05, 0.1) is 0 Å². The summed E-state index contributed by atoms with van der Waals surface area (Å²) < 4.78 is 17.1. The number of benzene rings is 2. The third-order valence-electron chi connectivity index (χ3n) is 5.40. The van der Waals surface area contributed by atoms with Gasteiger partial charge in [0.15, 0.2) is 11.5 Å². The van der Waals surface area contributed by atoms with Gasteiger partial charge in [0.1, 0.15) is 19.3 Å². The van der Waals surface area contributed by atoms with E-state index in [1.54, 1.807) is 0 Å². The Morgan fingerprint density at radius 2 is 2.04 bits per heavy atom. The van der Waals surface area contributed by atoms with E-state index in [-0.39, 0.29) is 12.1 Å². The Morgan fingerprint density at radius 3 is 2.89 bits per heavy atom. The summed E-state index contributed by atoms with van der Waals surface area (Å²) in [6.45, 7) is 5.35. The van der Waals surface area contributed by atoms with E-state index < -0.39 is 0 Å². The van der Waals surface area contributed by atoms with Crippen LogP contribution in [0.5, 0.6) is 11.5 Å². The summed E-state index contributed by atoms with van der Waals surface area (Å²) in [6.07, 6.45) is 2.41. The molecule has 0 saturated carbocycles. The molecule has 0 amide bonds. The molecule has 0 bridgehead atoms. The summed E-state index contributed by atoms with van der Waals surface area (Å²) >= 11 is 0. The van der Waals surface area contributed by atoms with Crippen LogP contribution in [0.3, 0.4) is 0 Å². The van der Waals surface area contributed by atoms with E-state index in [2.05, 4.69) is 23.1 Å². The lowest BCUT2D eigenvalue weighted by atomic mass is 9.89. The third kappa shape index (κ3) is 4.65. The molecule has 1 fully saturated rings. The number of carbonyl (C=O) groups excluding carboxylic acids is 1. The Morgan fingerprint density at radius 1 is 1.18 bits per heavy atom. The quantitative estimate of drug-likeness (QED) is 0.738. The van der Waals surface area contributed by atoms with Crippen molar-refractivity contribution in [2.75, 3.05) is 26.2 Å². The average molecular weight is 381 g/mol. The topological polar surface area (TPSA) is 48.0 Å². The fraction of sp³-hybridized carbons (Fsp3) is 0.435. The summed E-state index contributed by atoms with van der Waals surface area (Å²) in [5.74, 6) is 1.92. The van der Waals surface area contributed by atoms with Crippen molar-refractivity contribution in [2.24, 2.45) is 0 Å². The molecule has 0 N–H and O–H groups in total. The fourth-order valence-corrected chi connectivity index (χ4v) is 4.06. The Labute approximate surface area is 166 Å². The second-order valence-electron chi connectivity index (χ2n) is 7.62. The van der Waals surface area contributed by atoms with Gasteiger partial charge in [-0.2, -0.15) is 0 Å². The molecule has 0 spiro atoms. The minimum atomic E-state index is -0.245. The Bertz CT molecular complexity index is 822. The SMILES string of the molecule is CC(=O)OCc1cccc([C@H]2CCCN(C[C@H]3COc4ccccc4O3)C2)c1. The fourth-order valence-electron chi connectivity index (χ4n) is 4.06. The molecule has 1 saturated heterocycles. The van der Waals surface area contributed by atoms with Gasteiger partial charge in [-0.25, -0.2) is 0 Å². The van der Waals surface area contributed by atoms with E-state index in [1.807, 2.05) is 30.3 Å². The number of hydrogen-bond acceptors (Lipinski definition) is 5. The summed E-state index contributed by atoms with van der Waals surface area (Å²) in [6, 6.07) is 16.3. The Hall–Kier alpha value is -2.53. The molecule has 0 aromatic heterocycles. The van der Waals surface area contributed by atoms with Crippen LogP contribution < -0.4 is 9.47 Å². The molecule has 2 atom stereocenters. The molecule has 0 unspecified atom stereocenters. The monoisotopic (exact) mass is 381 g/mol. The molecule has 2 heterocycles. The van der Waals surface area contributed by atoms with Crippen molar-refractivity contribution in [2.45, 2.75) is 38.4 Å². The maximum absolute atomic E-state index is 11.1. The maximum Gasteiger partial charge on any atom is 0.302 e. The summed E-state index contributed by atoms with van der Waals surface area (Å²) in [5, 5.41) is 0. The largest absolute Gasteiger partial charge is 0.486 e. The second-order valence-corrected chi connectivity index (χ2v) is 7.62. The zero-order valence-electron chi connectivity index (χ0n) is 16.3. The molecule has 148 valence electrons. The number of piperidine rings is 1. The molecule has 0 aliphatic carbocycles. The summed E-state index contributed by atoms with van der Waals surface area (Å²) in [5.41, 5.74) is 2.37. The third-order valence-corrected chi connectivity index (χ3v) is 5.40. The van der Waals surface area contributed by atoms with Crippen molar-refractivity contribution in [1.82, 2.24) is 4.90 Å². The first-order chi connectivity index (χ1) is 13.7. The predicted molar refractivity (Wildman–Crippen MR) is 107 cm³/mol. The van der Waals surface area contributed by atoms with E-state index in [4.69, 9.17) is 14.2 Å². The molecule has 5 heteroatoms. The Kier molecular flexibility index (Phi) is 5.81. The van der Waals surface area contributed by atoms with Crippen molar-refractivity contribution >= 4 is 5.97 Å². The van der Waals surface area contributed by atoms with E-state index >= 15 is 0 Å². The summed E-state index contributed by atoms with van der Waals surface area (Å²) in [4.78, 5) is 13.5. The highest BCUT2D eigenvalue weighted by molar-refractivity contribution is 5.65. The van der Waals surface area contributed by atoms with Crippen molar-refractivity contribution < 1.29 is 19.0 Å². The molecule has 2 aliphatic rings. The van der Waals surface area contributed by atoms with Crippen molar-refractivity contribution in [3.8, 4) is 11.5 Å². The molecule has 5 nitrogen and oxygen atoms in total. The molecule has 0 radical (unpaired) electrons. The van der Waals surface area contributed by atoms with E-state index in [0.717, 1.165) is 36.7 Å². The van der Waals surface area contributed by atoms with Crippen LogP contribution in [-0.4, -0.2) is 43.2 Å². The highest BCUT2D eigenvalue weighted by atomic mass is 16.6. The standard InChI is InChI=1S/C23H27NO4/c1-17(25)26-15-18-6-4-7-19(12-18)20-8-5-11-24(13-20)14-21-16-27-22-9-2-3-10-23(22)28-21/h2-4,6-7,9-10,12,20-21H,5,8,11,13-16H2,1H3/t20-,21-/m0/s1. The molecule has 2 aromatic carbocycles. The first kappa shape index (κ1) is 18.8. The highest BCUT2D eigenvalue weighted by Crippen LogP contribution is 2.32. The molecule has 2 aliphatic heterocycles. The number of ether oxygens (including phenoxy) is 3. The molecule has 28 heavy (non-hydrogen) atoms. The van der Waals surface area contributed by atoms with Crippen LogP contribution in [0.1, 0.15) is 36.8 Å². The van der Waals surface area contributed by atoms with E-state index in [9.17, 15) is 4.79 Å². The number of para-hydroxylation sites is 2. The van der Waals surface area contributed by atoms with Gasteiger partial charge in [-0.05, 0) is 48.6 Å². The predicted octanol–water partition coefficient (Wildman–Crippen LogP) is 3.77. The van der Waals surface area contributed by atoms with Crippen molar-refractivity contribution in [1.29, 1.82) is 0 Å². The number of carbonyl (C=O) groups is 1. The number of hydrogen-bond donors (Lipinski definition) is 0. The van der Waals surface area contributed by atoms with Gasteiger partial charge >= 0.3 is 5.97 Å². The maximum atomic E-state index is 11.1. The van der Waals surface area contributed by atoms with Gasteiger partial charge in [0.25, 0.3) is 0 Å². The first-order valence-corrected chi connectivity index (χ1v) is 10.0. The van der Waals surface area contributed by atoms with Crippen LogP contribution in [0.15, 0.2) is 48.5 Å². The average Bonchev–Trinajstić information content (AvgIpc) is 2.73. The number of rotatable bonds is 5. The number of likely N-dealkylation sites (tertiary alicyclic amines) is 1. The zero-order valence-corrected chi connectivity index (χ0v) is 16.3. The van der Waals surface area contributed by atoms with Gasteiger partial charge in [0, 0.05) is 20.0 Å². The molecular formula is C23H27NO4. The van der Waals surface area contributed by atoms with Crippen LogP contribution in [0.25, 0.3) is 0 Å². The molecule has 2 aromatic rings. The van der Waals surface area contributed by atoms with Gasteiger partial charge in [-0.1, -0.05) is 36.4 Å². The van der Waals surface area contributed by atoms with Gasteiger partial charge in [-0.3, -0.25) is 9.69 Å². The van der Waals surface area contributed by atoms with Crippen LogP contribution in [0.2, 0.25) is 0 Å². The van der Waals surface area contributed by atoms with Gasteiger partial charge < -0.3 is 14.2 Å². The Balaban J connectivity index is 1.36. The zero-order chi connectivity index (χ0) is 19.3. The lowest BCUT2D eigenvalue weighted by Crippen LogP contribution is -2.44. The number of fused-ring (bicyclic) bond motifs is 1. The van der Waals surface area contributed by atoms with Crippen LogP contribution in [0, 0.1) is 0 Å². The number of esters is 1. The minimum Gasteiger partial charge on any atom is -0.486 e. The van der Waals surface area contributed by atoms with Crippen molar-refractivity contribution in [3.63, 3.8) is 0 Å². The summed E-state index contributed by atoms with van der Waals surface area (Å²) in [7, 11) is 0. The van der Waals surface area contributed by atoms with Crippen LogP contribution in [0.4, 0.5) is 0 Å². The lowest BCUT2D eigenvalue weighted by molar-refractivity contribution is -0.142. The van der Waals surface area contributed by atoms with Gasteiger partial charge in [0.2, 0.25) is 0 Å². The minimum absolute atomic E-state index is 0.0592.